The third-order valence-corrected chi connectivity index (χ3v) is 3.58. The molecule has 0 unspecified atom stereocenters. The Hall–Kier alpha value is -1.88. The third-order valence-electron chi connectivity index (χ3n) is 2.63. The van der Waals surface area contributed by atoms with E-state index < -0.39 is 0 Å². The monoisotopic (exact) mass is 276 g/mol. The van der Waals surface area contributed by atoms with Crippen LogP contribution in [0.1, 0.15) is 11.3 Å². The highest BCUT2D eigenvalue weighted by Crippen LogP contribution is 2.23. The molecule has 2 aromatic rings. The van der Waals surface area contributed by atoms with Gasteiger partial charge < -0.3 is 15.5 Å². The Morgan fingerprint density at radius 3 is 2.89 bits per heavy atom. The van der Waals surface area contributed by atoms with Gasteiger partial charge in [-0.3, -0.25) is 4.79 Å². The van der Waals surface area contributed by atoms with Gasteiger partial charge in [0.15, 0.2) is 0 Å². The van der Waals surface area contributed by atoms with Crippen LogP contribution < -0.4 is 11.1 Å². The molecular weight excluding hydrogens is 260 g/mol. The zero-order valence-corrected chi connectivity index (χ0v) is 11.5. The molecule has 0 fully saturated rings. The Bertz CT molecular complexity index is 532. The molecule has 0 aliphatic heterocycles. The second kappa shape index (κ2) is 6.33. The predicted octanol–water partition coefficient (Wildman–Crippen LogP) is 3.04. The minimum absolute atomic E-state index is 0.0578. The average Bonchev–Trinajstić information content (AvgIpc) is 2.87. The third kappa shape index (κ3) is 3.79. The van der Waals surface area contributed by atoms with Gasteiger partial charge in [-0.1, -0.05) is 12.1 Å². The lowest BCUT2D eigenvalue weighted by Gasteiger charge is -2.10. The second-order valence-corrected chi connectivity index (χ2v) is 5.15. The second-order valence-electron chi connectivity index (χ2n) is 4.16. The topological polar surface area (TPSA) is 68.3 Å². The van der Waals surface area contributed by atoms with Crippen molar-refractivity contribution in [3.8, 4) is 0 Å². The highest BCUT2D eigenvalue weighted by atomic mass is 32.2. The van der Waals surface area contributed by atoms with Crippen LogP contribution in [0.2, 0.25) is 0 Å². The van der Waals surface area contributed by atoms with E-state index in [-0.39, 0.29) is 5.91 Å². The summed E-state index contributed by atoms with van der Waals surface area (Å²) in [6, 6.07) is 9.29. The van der Waals surface area contributed by atoms with E-state index in [0.29, 0.717) is 22.9 Å². The molecule has 0 atom stereocenters. The van der Waals surface area contributed by atoms with Gasteiger partial charge in [0.05, 0.1) is 29.1 Å². The van der Waals surface area contributed by atoms with Crippen molar-refractivity contribution >= 4 is 29.0 Å². The number of aryl methyl sites for hydroxylation is 1. The quantitative estimate of drug-likeness (QED) is 0.824. The van der Waals surface area contributed by atoms with Crippen LogP contribution in [0.25, 0.3) is 0 Å². The van der Waals surface area contributed by atoms with Crippen molar-refractivity contribution in [2.24, 2.45) is 0 Å². The first-order valence-electron chi connectivity index (χ1n) is 5.92. The lowest BCUT2D eigenvalue weighted by molar-refractivity contribution is -0.113. The van der Waals surface area contributed by atoms with Crippen molar-refractivity contribution in [3.05, 3.63) is 47.9 Å². The number of nitrogen functional groups attached to an aromatic ring is 1. The molecule has 1 aromatic carbocycles. The van der Waals surface area contributed by atoms with E-state index in [1.165, 1.54) is 11.8 Å². The van der Waals surface area contributed by atoms with Gasteiger partial charge in [-0.2, -0.15) is 0 Å². The number of thioether (sulfide) groups is 1. The number of para-hydroxylation sites is 1. The number of hydrogen-bond acceptors (Lipinski definition) is 4. The van der Waals surface area contributed by atoms with E-state index in [9.17, 15) is 4.79 Å². The highest BCUT2D eigenvalue weighted by molar-refractivity contribution is 7.99. The smallest absolute Gasteiger partial charge is 0.234 e. The fraction of sp³-hybridized carbons (Fsp3) is 0.214. The minimum atomic E-state index is -0.0578. The largest absolute Gasteiger partial charge is 0.468 e. The Balaban J connectivity index is 1.84. The fourth-order valence-electron chi connectivity index (χ4n) is 1.68. The zero-order chi connectivity index (χ0) is 13.7. The van der Waals surface area contributed by atoms with Gasteiger partial charge in [0, 0.05) is 0 Å². The van der Waals surface area contributed by atoms with E-state index in [1.807, 2.05) is 31.2 Å². The maximum atomic E-state index is 11.8. The summed E-state index contributed by atoms with van der Waals surface area (Å²) in [6.07, 6.45) is 1.63. The number of anilines is 2. The van der Waals surface area contributed by atoms with Gasteiger partial charge in [-0.15, -0.1) is 11.8 Å². The van der Waals surface area contributed by atoms with Crippen LogP contribution in [0.5, 0.6) is 0 Å². The molecule has 0 saturated heterocycles. The van der Waals surface area contributed by atoms with Crippen molar-refractivity contribution in [2.75, 3.05) is 16.8 Å². The van der Waals surface area contributed by atoms with E-state index in [0.717, 1.165) is 11.3 Å². The zero-order valence-electron chi connectivity index (χ0n) is 10.7. The molecule has 1 amide bonds. The number of nitrogens with one attached hydrogen (secondary N) is 1. The molecule has 0 saturated carbocycles. The highest BCUT2D eigenvalue weighted by Gasteiger charge is 2.08. The fourth-order valence-corrected chi connectivity index (χ4v) is 2.40. The molecule has 100 valence electrons. The van der Waals surface area contributed by atoms with Crippen LogP contribution in [-0.4, -0.2) is 11.7 Å². The molecular formula is C14H16N2O2S. The van der Waals surface area contributed by atoms with E-state index in [2.05, 4.69) is 5.32 Å². The summed E-state index contributed by atoms with van der Waals surface area (Å²) >= 11 is 1.50. The lowest BCUT2D eigenvalue weighted by Crippen LogP contribution is -2.16. The Morgan fingerprint density at radius 1 is 1.37 bits per heavy atom. The molecule has 19 heavy (non-hydrogen) atoms. The summed E-state index contributed by atoms with van der Waals surface area (Å²) in [5, 5.41) is 2.84. The molecule has 4 nitrogen and oxygen atoms in total. The number of rotatable bonds is 5. The van der Waals surface area contributed by atoms with Crippen molar-refractivity contribution in [1.29, 1.82) is 0 Å². The summed E-state index contributed by atoms with van der Waals surface area (Å²) in [7, 11) is 0. The molecule has 0 aliphatic carbocycles. The van der Waals surface area contributed by atoms with Crippen molar-refractivity contribution < 1.29 is 9.21 Å². The lowest BCUT2D eigenvalue weighted by atomic mass is 10.1. The number of benzene rings is 1. The number of carbonyl (C=O) groups is 1. The van der Waals surface area contributed by atoms with Gasteiger partial charge in [0.1, 0.15) is 5.76 Å². The maximum Gasteiger partial charge on any atom is 0.234 e. The molecule has 1 aromatic heterocycles. The molecule has 1 heterocycles. The molecule has 0 bridgehead atoms. The molecule has 0 spiro atoms. The van der Waals surface area contributed by atoms with E-state index in [1.54, 1.807) is 12.3 Å². The van der Waals surface area contributed by atoms with Crippen molar-refractivity contribution in [1.82, 2.24) is 0 Å². The van der Waals surface area contributed by atoms with Crippen LogP contribution in [0.4, 0.5) is 11.4 Å². The van der Waals surface area contributed by atoms with Crippen molar-refractivity contribution in [2.45, 2.75) is 12.7 Å². The molecule has 3 N–H and O–H groups in total. The van der Waals surface area contributed by atoms with Gasteiger partial charge in [0.25, 0.3) is 0 Å². The Kier molecular flexibility index (Phi) is 4.52. The van der Waals surface area contributed by atoms with Crippen LogP contribution in [0, 0.1) is 6.92 Å². The minimum Gasteiger partial charge on any atom is -0.468 e. The van der Waals surface area contributed by atoms with Gasteiger partial charge >= 0.3 is 0 Å². The maximum absolute atomic E-state index is 11.8. The number of hydrogen-bond donors (Lipinski definition) is 2. The van der Waals surface area contributed by atoms with E-state index in [4.69, 9.17) is 10.2 Å². The van der Waals surface area contributed by atoms with Gasteiger partial charge in [-0.25, -0.2) is 0 Å². The van der Waals surface area contributed by atoms with Crippen molar-refractivity contribution in [3.63, 3.8) is 0 Å². The first kappa shape index (κ1) is 13.5. The molecule has 5 heteroatoms. The number of furan rings is 1. The summed E-state index contributed by atoms with van der Waals surface area (Å²) in [4.78, 5) is 11.8. The SMILES string of the molecule is Cc1cccc(N)c1NC(=O)CSCc1ccco1. The Morgan fingerprint density at radius 2 is 2.21 bits per heavy atom. The molecule has 0 radical (unpaired) electrons. The molecule has 2 rings (SSSR count). The summed E-state index contributed by atoms with van der Waals surface area (Å²) in [6.45, 7) is 1.92. The summed E-state index contributed by atoms with van der Waals surface area (Å²) in [5.74, 6) is 1.86. The first-order valence-corrected chi connectivity index (χ1v) is 7.07. The van der Waals surface area contributed by atoms with Gasteiger partial charge in [-0.05, 0) is 30.7 Å². The molecule has 0 aliphatic rings. The Labute approximate surface area is 116 Å². The van der Waals surface area contributed by atoms with Crippen LogP contribution in [0.15, 0.2) is 41.0 Å². The average molecular weight is 276 g/mol. The normalized spacial score (nSPS) is 10.4. The first-order chi connectivity index (χ1) is 9.16. The summed E-state index contributed by atoms with van der Waals surface area (Å²) < 4.78 is 5.20. The number of carbonyl (C=O) groups excluding carboxylic acids is 1. The number of amides is 1. The predicted molar refractivity (Wildman–Crippen MR) is 79.1 cm³/mol. The standard InChI is InChI=1S/C14H16N2O2S/c1-10-4-2-6-12(15)14(10)16-13(17)9-19-8-11-5-3-7-18-11/h2-7H,8-9,15H2,1H3,(H,16,17). The van der Waals surface area contributed by atoms with Crippen LogP contribution in [-0.2, 0) is 10.5 Å². The summed E-state index contributed by atoms with van der Waals surface area (Å²) in [5.41, 5.74) is 8.09. The van der Waals surface area contributed by atoms with Gasteiger partial charge in [0.2, 0.25) is 5.91 Å². The van der Waals surface area contributed by atoms with Crippen LogP contribution >= 0.6 is 11.8 Å². The van der Waals surface area contributed by atoms with E-state index >= 15 is 0 Å². The number of nitrogens with two attached hydrogens (primary N) is 1. The van der Waals surface area contributed by atoms with Crippen LogP contribution in [0.3, 0.4) is 0 Å².